The molecule has 1 N–H and O–H groups in total. The average Bonchev–Trinajstić information content (AvgIpc) is 2.53. The van der Waals surface area contributed by atoms with E-state index in [1.54, 1.807) is 11.8 Å². The Balaban J connectivity index is 2.02. The van der Waals surface area contributed by atoms with Gasteiger partial charge in [-0.2, -0.15) is 0 Å². The second-order valence-electron chi connectivity index (χ2n) is 5.91. The summed E-state index contributed by atoms with van der Waals surface area (Å²) in [5.74, 6) is -0.0227. The highest BCUT2D eigenvalue weighted by atomic mass is 32.2. The van der Waals surface area contributed by atoms with Gasteiger partial charge in [0.05, 0.1) is 5.56 Å². The van der Waals surface area contributed by atoms with Crippen LogP contribution in [-0.4, -0.2) is 25.3 Å². The van der Waals surface area contributed by atoms with Crippen molar-refractivity contribution in [1.82, 2.24) is 5.32 Å². The number of amides is 1. The van der Waals surface area contributed by atoms with Crippen LogP contribution >= 0.6 is 11.8 Å². The second-order valence-corrected chi connectivity index (χ2v) is 7.52. The summed E-state index contributed by atoms with van der Waals surface area (Å²) in [5.41, 5.74) is 2.99. The smallest absolute Gasteiger partial charge is 0.252 e. The summed E-state index contributed by atoms with van der Waals surface area (Å²) in [6, 6.07) is 16.0. The number of thioether (sulfide) groups is 1. The third-order valence-corrected chi connectivity index (χ3v) is 4.48. The molecule has 0 aliphatic heterocycles. The molecule has 2 rings (SSSR count). The average molecular weight is 328 g/mol. The number of benzene rings is 2. The molecular weight excluding hydrogens is 304 g/mol. The molecule has 3 nitrogen and oxygen atoms in total. The lowest BCUT2D eigenvalue weighted by molar-refractivity contribution is 0.0948. The Labute approximate surface area is 143 Å². The molecule has 2 aromatic rings. The standard InChI is InChI=1S/C19H24N2OS/c1-14(2)23-18-8-6-5-7-17(18)19(22)20-13-15-9-11-16(12-10-15)21(3)4/h5-12,14H,13H2,1-4H3,(H,20,22). The van der Waals surface area contributed by atoms with Crippen LogP contribution < -0.4 is 10.2 Å². The van der Waals surface area contributed by atoms with Crippen LogP contribution in [0.25, 0.3) is 0 Å². The molecular formula is C19H24N2OS. The largest absolute Gasteiger partial charge is 0.378 e. The fourth-order valence-corrected chi connectivity index (χ4v) is 3.15. The number of nitrogens with zero attached hydrogens (tertiary/aromatic N) is 1. The molecule has 0 atom stereocenters. The first kappa shape index (κ1) is 17.4. The van der Waals surface area contributed by atoms with Gasteiger partial charge in [-0.1, -0.05) is 38.1 Å². The monoisotopic (exact) mass is 328 g/mol. The van der Waals surface area contributed by atoms with Crippen molar-refractivity contribution in [2.75, 3.05) is 19.0 Å². The number of carbonyl (C=O) groups excluding carboxylic acids is 1. The number of anilines is 1. The van der Waals surface area contributed by atoms with Crippen molar-refractivity contribution in [2.24, 2.45) is 0 Å². The number of hydrogen-bond acceptors (Lipinski definition) is 3. The van der Waals surface area contributed by atoms with E-state index >= 15 is 0 Å². The van der Waals surface area contributed by atoms with E-state index < -0.39 is 0 Å². The van der Waals surface area contributed by atoms with Crippen LogP contribution in [0.1, 0.15) is 29.8 Å². The molecule has 0 radical (unpaired) electrons. The normalized spacial score (nSPS) is 10.7. The van der Waals surface area contributed by atoms with E-state index in [2.05, 4.69) is 36.2 Å². The van der Waals surface area contributed by atoms with Gasteiger partial charge in [0, 0.05) is 36.5 Å². The molecule has 0 fully saturated rings. The van der Waals surface area contributed by atoms with Gasteiger partial charge in [0.1, 0.15) is 0 Å². The topological polar surface area (TPSA) is 32.3 Å². The van der Waals surface area contributed by atoms with Gasteiger partial charge in [-0.3, -0.25) is 4.79 Å². The number of hydrogen-bond donors (Lipinski definition) is 1. The summed E-state index contributed by atoms with van der Waals surface area (Å²) in [6.07, 6.45) is 0. The van der Waals surface area contributed by atoms with Gasteiger partial charge >= 0.3 is 0 Å². The third-order valence-electron chi connectivity index (χ3n) is 3.40. The van der Waals surface area contributed by atoms with Crippen molar-refractivity contribution >= 4 is 23.4 Å². The van der Waals surface area contributed by atoms with E-state index in [9.17, 15) is 4.79 Å². The fourth-order valence-electron chi connectivity index (χ4n) is 2.20. The Morgan fingerprint density at radius 1 is 1.09 bits per heavy atom. The molecule has 1 amide bonds. The zero-order valence-corrected chi connectivity index (χ0v) is 15.0. The first-order chi connectivity index (χ1) is 11.0. The number of carbonyl (C=O) groups is 1. The Hall–Kier alpha value is -1.94. The first-order valence-corrected chi connectivity index (χ1v) is 8.65. The van der Waals surface area contributed by atoms with E-state index in [4.69, 9.17) is 0 Å². The van der Waals surface area contributed by atoms with Crippen LogP contribution in [-0.2, 0) is 6.54 Å². The maximum Gasteiger partial charge on any atom is 0.252 e. The lowest BCUT2D eigenvalue weighted by Crippen LogP contribution is -2.23. The molecule has 0 aliphatic rings. The van der Waals surface area contributed by atoms with Crippen molar-refractivity contribution < 1.29 is 4.79 Å². The summed E-state index contributed by atoms with van der Waals surface area (Å²) in [4.78, 5) is 15.6. The van der Waals surface area contributed by atoms with Crippen LogP contribution in [0.4, 0.5) is 5.69 Å². The maximum absolute atomic E-state index is 12.5. The van der Waals surface area contributed by atoms with Gasteiger partial charge in [-0.15, -0.1) is 11.8 Å². The molecule has 0 heterocycles. The molecule has 0 saturated carbocycles. The predicted molar refractivity (Wildman–Crippen MR) is 99.4 cm³/mol. The molecule has 0 saturated heterocycles. The predicted octanol–water partition coefficient (Wildman–Crippen LogP) is 4.18. The van der Waals surface area contributed by atoms with Crippen LogP contribution in [0, 0.1) is 0 Å². The van der Waals surface area contributed by atoms with E-state index in [1.807, 2.05) is 50.5 Å². The Morgan fingerprint density at radius 3 is 2.35 bits per heavy atom. The van der Waals surface area contributed by atoms with Gasteiger partial charge in [0.2, 0.25) is 0 Å². The highest BCUT2D eigenvalue weighted by molar-refractivity contribution is 8.00. The maximum atomic E-state index is 12.5. The van der Waals surface area contributed by atoms with Gasteiger partial charge in [-0.25, -0.2) is 0 Å². The van der Waals surface area contributed by atoms with Crippen LogP contribution in [0.2, 0.25) is 0 Å². The minimum atomic E-state index is -0.0227. The SMILES string of the molecule is CC(C)Sc1ccccc1C(=O)NCc1ccc(N(C)C)cc1. The van der Waals surface area contributed by atoms with Crippen LogP contribution in [0.3, 0.4) is 0 Å². The van der Waals surface area contributed by atoms with Crippen molar-refractivity contribution in [2.45, 2.75) is 30.5 Å². The molecule has 0 aliphatic carbocycles. The lowest BCUT2D eigenvalue weighted by atomic mass is 10.1. The molecule has 0 aromatic heterocycles. The zero-order valence-electron chi connectivity index (χ0n) is 14.2. The van der Waals surface area contributed by atoms with Crippen molar-refractivity contribution in [3.8, 4) is 0 Å². The number of nitrogens with one attached hydrogen (secondary N) is 1. The third kappa shape index (κ3) is 5.03. The highest BCUT2D eigenvalue weighted by Gasteiger charge is 2.12. The van der Waals surface area contributed by atoms with Crippen LogP contribution in [0.5, 0.6) is 0 Å². The zero-order chi connectivity index (χ0) is 16.8. The van der Waals surface area contributed by atoms with Gasteiger partial charge < -0.3 is 10.2 Å². The van der Waals surface area contributed by atoms with Crippen molar-refractivity contribution in [3.63, 3.8) is 0 Å². The first-order valence-electron chi connectivity index (χ1n) is 7.77. The highest BCUT2D eigenvalue weighted by Crippen LogP contribution is 2.26. The number of rotatable bonds is 6. The molecule has 0 spiro atoms. The van der Waals surface area contributed by atoms with E-state index in [1.165, 1.54) is 0 Å². The molecule has 2 aromatic carbocycles. The van der Waals surface area contributed by atoms with E-state index in [-0.39, 0.29) is 5.91 Å². The summed E-state index contributed by atoms with van der Waals surface area (Å²) in [7, 11) is 4.03. The molecule has 122 valence electrons. The Morgan fingerprint density at radius 2 is 1.74 bits per heavy atom. The van der Waals surface area contributed by atoms with Gasteiger partial charge in [0.25, 0.3) is 5.91 Å². The lowest BCUT2D eigenvalue weighted by Gasteiger charge is -2.14. The molecule has 23 heavy (non-hydrogen) atoms. The Kier molecular flexibility index (Phi) is 6.11. The molecule has 4 heteroatoms. The summed E-state index contributed by atoms with van der Waals surface area (Å²) in [6.45, 7) is 4.80. The molecule has 0 unspecified atom stereocenters. The van der Waals surface area contributed by atoms with Gasteiger partial charge in [-0.05, 0) is 29.8 Å². The second kappa shape index (κ2) is 8.06. The minimum Gasteiger partial charge on any atom is -0.378 e. The summed E-state index contributed by atoms with van der Waals surface area (Å²) < 4.78 is 0. The van der Waals surface area contributed by atoms with Crippen LogP contribution in [0.15, 0.2) is 53.4 Å². The summed E-state index contributed by atoms with van der Waals surface area (Å²) in [5, 5.41) is 3.46. The molecule has 0 bridgehead atoms. The summed E-state index contributed by atoms with van der Waals surface area (Å²) >= 11 is 1.71. The van der Waals surface area contributed by atoms with Gasteiger partial charge in [0.15, 0.2) is 0 Å². The Bertz CT molecular complexity index is 651. The van der Waals surface area contributed by atoms with E-state index in [0.717, 1.165) is 21.7 Å². The minimum absolute atomic E-state index is 0.0227. The van der Waals surface area contributed by atoms with Crippen molar-refractivity contribution in [1.29, 1.82) is 0 Å². The van der Waals surface area contributed by atoms with E-state index in [0.29, 0.717) is 11.8 Å². The van der Waals surface area contributed by atoms with Crippen molar-refractivity contribution in [3.05, 3.63) is 59.7 Å². The quantitative estimate of drug-likeness (QED) is 0.807. The fraction of sp³-hybridized carbons (Fsp3) is 0.316.